The number of ether oxygens (including phenoxy) is 1. The minimum Gasteiger partial charge on any atom is -0.495 e. The summed E-state index contributed by atoms with van der Waals surface area (Å²) in [6.45, 7) is 3.91. The van der Waals surface area contributed by atoms with Gasteiger partial charge in [0.2, 0.25) is 15.9 Å². The van der Waals surface area contributed by atoms with Crippen molar-refractivity contribution in [2.45, 2.75) is 43.7 Å². The van der Waals surface area contributed by atoms with Gasteiger partial charge < -0.3 is 10.1 Å². The molecule has 0 radical (unpaired) electrons. The largest absolute Gasteiger partial charge is 0.495 e. The van der Waals surface area contributed by atoms with Crippen molar-refractivity contribution in [2.75, 3.05) is 25.5 Å². The molecular weight excluding hydrogens is 493 g/mol. The molecule has 1 N–H and O–H groups in total. The summed E-state index contributed by atoms with van der Waals surface area (Å²) in [4.78, 5) is 12.8. The van der Waals surface area contributed by atoms with Gasteiger partial charge in [-0.15, -0.1) is 0 Å². The van der Waals surface area contributed by atoms with Crippen LogP contribution in [-0.2, 0) is 21.0 Å². The summed E-state index contributed by atoms with van der Waals surface area (Å²) in [7, 11) is -2.63. The molecule has 0 aromatic heterocycles. The standard InChI is InChI=1S/C23H26ClF3N2O4S/c1-14(2)15-6-9-20(33-3)21(11-15)34(31,32)29-10-4-5-16(13-29)22(30)28-19-8-7-17(24)12-18(19)23(25,26)27/h6-9,11-12,14,16H,4-5,10,13H2,1-3H3,(H,28,30)/t16-/m0/s1. The Morgan fingerprint density at radius 2 is 1.91 bits per heavy atom. The zero-order valence-corrected chi connectivity index (χ0v) is 20.5. The van der Waals surface area contributed by atoms with Crippen LogP contribution in [-0.4, -0.2) is 38.8 Å². The number of hydrogen-bond donors (Lipinski definition) is 1. The number of carbonyl (C=O) groups excluding carboxylic acids is 1. The number of benzene rings is 2. The van der Waals surface area contributed by atoms with Gasteiger partial charge in [0.1, 0.15) is 10.6 Å². The monoisotopic (exact) mass is 518 g/mol. The first-order valence-corrected chi connectivity index (χ1v) is 12.5. The molecule has 2 aromatic carbocycles. The molecule has 0 bridgehead atoms. The highest BCUT2D eigenvalue weighted by atomic mass is 35.5. The third-order valence-electron chi connectivity index (χ3n) is 5.77. The Labute approximate surface area is 202 Å². The highest BCUT2D eigenvalue weighted by Crippen LogP contribution is 2.37. The molecule has 0 unspecified atom stereocenters. The first-order chi connectivity index (χ1) is 15.8. The zero-order valence-electron chi connectivity index (χ0n) is 18.9. The van der Waals surface area contributed by atoms with Gasteiger partial charge in [-0.2, -0.15) is 17.5 Å². The average molecular weight is 519 g/mol. The van der Waals surface area contributed by atoms with E-state index in [-0.39, 0.29) is 34.7 Å². The highest BCUT2D eigenvalue weighted by Gasteiger charge is 2.37. The smallest absolute Gasteiger partial charge is 0.418 e. The van der Waals surface area contributed by atoms with Crippen LogP contribution in [0.3, 0.4) is 0 Å². The summed E-state index contributed by atoms with van der Waals surface area (Å²) in [6.07, 6.45) is -3.99. The number of halogens is 4. The van der Waals surface area contributed by atoms with Gasteiger partial charge in [-0.25, -0.2) is 8.42 Å². The lowest BCUT2D eigenvalue weighted by atomic mass is 9.98. The molecule has 0 saturated carbocycles. The maximum atomic E-state index is 13.4. The number of carbonyl (C=O) groups is 1. The molecule has 1 aliphatic heterocycles. The van der Waals surface area contributed by atoms with Crippen molar-refractivity contribution in [3.8, 4) is 5.75 Å². The molecule has 2 aromatic rings. The van der Waals surface area contributed by atoms with Gasteiger partial charge in [0.15, 0.2) is 0 Å². The molecule has 1 fully saturated rings. The van der Waals surface area contributed by atoms with Crippen LogP contribution >= 0.6 is 11.6 Å². The normalized spacial score (nSPS) is 17.6. The zero-order chi connectivity index (χ0) is 25.3. The Balaban J connectivity index is 1.85. The minimum atomic E-state index is -4.71. The first-order valence-electron chi connectivity index (χ1n) is 10.7. The van der Waals surface area contributed by atoms with Crippen LogP contribution in [0.5, 0.6) is 5.75 Å². The van der Waals surface area contributed by atoms with Crippen molar-refractivity contribution in [1.82, 2.24) is 4.31 Å². The number of hydrogen-bond acceptors (Lipinski definition) is 4. The number of piperidine rings is 1. The van der Waals surface area contributed by atoms with Crippen LogP contribution in [0.4, 0.5) is 18.9 Å². The van der Waals surface area contributed by atoms with Gasteiger partial charge in [0.05, 0.1) is 24.3 Å². The number of nitrogens with one attached hydrogen (secondary N) is 1. The molecule has 1 atom stereocenters. The van der Waals surface area contributed by atoms with Crippen molar-refractivity contribution in [3.05, 3.63) is 52.5 Å². The maximum absolute atomic E-state index is 13.4. The van der Waals surface area contributed by atoms with E-state index < -0.39 is 39.3 Å². The lowest BCUT2D eigenvalue weighted by Gasteiger charge is -2.32. The maximum Gasteiger partial charge on any atom is 0.418 e. The van der Waals surface area contributed by atoms with E-state index in [4.69, 9.17) is 16.3 Å². The predicted octanol–water partition coefficient (Wildman–Crippen LogP) is 5.53. The Bertz CT molecular complexity index is 1170. The number of methoxy groups -OCH3 is 1. The second-order valence-corrected chi connectivity index (χ2v) is 10.8. The lowest BCUT2D eigenvalue weighted by Crippen LogP contribution is -2.43. The summed E-state index contributed by atoms with van der Waals surface area (Å²) in [5.74, 6) is -1.23. The molecular formula is C23H26ClF3N2O4S. The van der Waals surface area contributed by atoms with Crippen LogP contribution in [0.25, 0.3) is 0 Å². The number of rotatable bonds is 6. The summed E-state index contributed by atoms with van der Waals surface area (Å²) < 4.78 is 73.5. The summed E-state index contributed by atoms with van der Waals surface area (Å²) >= 11 is 5.69. The van der Waals surface area contributed by atoms with E-state index in [1.54, 1.807) is 18.2 Å². The Morgan fingerprint density at radius 1 is 1.21 bits per heavy atom. The molecule has 1 amide bonds. The van der Waals surface area contributed by atoms with Gasteiger partial charge in [-0.1, -0.05) is 31.5 Å². The number of amides is 1. The van der Waals surface area contributed by atoms with Gasteiger partial charge in [0, 0.05) is 18.1 Å². The summed E-state index contributed by atoms with van der Waals surface area (Å²) in [6, 6.07) is 8.02. The van der Waals surface area contributed by atoms with Crippen molar-refractivity contribution >= 4 is 33.2 Å². The second-order valence-electron chi connectivity index (χ2n) is 8.44. The molecule has 34 heavy (non-hydrogen) atoms. The minimum absolute atomic E-state index is 0.000632. The fourth-order valence-electron chi connectivity index (χ4n) is 3.86. The molecule has 186 valence electrons. The van der Waals surface area contributed by atoms with Crippen LogP contribution in [0.15, 0.2) is 41.3 Å². The Hall–Kier alpha value is -2.30. The van der Waals surface area contributed by atoms with E-state index in [2.05, 4.69) is 5.32 Å². The number of alkyl halides is 3. The van der Waals surface area contributed by atoms with Crippen LogP contribution in [0, 0.1) is 5.92 Å². The molecule has 3 rings (SSSR count). The predicted molar refractivity (Wildman–Crippen MR) is 124 cm³/mol. The van der Waals surface area contributed by atoms with E-state index in [0.717, 1.165) is 17.7 Å². The van der Waals surface area contributed by atoms with Gasteiger partial charge in [0.25, 0.3) is 0 Å². The number of anilines is 1. The van der Waals surface area contributed by atoms with Crippen LogP contribution < -0.4 is 10.1 Å². The van der Waals surface area contributed by atoms with Gasteiger partial charge >= 0.3 is 6.18 Å². The van der Waals surface area contributed by atoms with Crippen molar-refractivity contribution < 1.29 is 31.1 Å². The van der Waals surface area contributed by atoms with E-state index in [1.165, 1.54) is 17.5 Å². The molecule has 1 heterocycles. The molecule has 0 aliphatic carbocycles. The lowest BCUT2D eigenvalue weighted by molar-refractivity contribution is -0.137. The first kappa shape index (κ1) is 26.3. The van der Waals surface area contributed by atoms with Crippen molar-refractivity contribution in [2.24, 2.45) is 5.92 Å². The van der Waals surface area contributed by atoms with E-state index in [1.807, 2.05) is 13.8 Å². The van der Waals surface area contributed by atoms with E-state index in [0.29, 0.717) is 12.8 Å². The Kier molecular flexibility index (Phi) is 7.84. The fraction of sp³-hybridized carbons (Fsp3) is 0.435. The average Bonchev–Trinajstić information content (AvgIpc) is 2.79. The second kappa shape index (κ2) is 10.1. The quantitative estimate of drug-likeness (QED) is 0.545. The molecule has 1 saturated heterocycles. The van der Waals surface area contributed by atoms with Crippen molar-refractivity contribution in [1.29, 1.82) is 0 Å². The number of sulfonamides is 1. The molecule has 1 aliphatic rings. The topological polar surface area (TPSA) is 75.7 Å². The van der Waals surface area contributed by atoms with Crippen LogP contribution in [0.2, 0.25) is 5.02 Å². The van der Waals surface area contributed by atoms with Crippen LogP contribution in [0.1, 0.15) is 43.7 Å². The van der Waals surface area contributed by atoms with E-state index in [9.17, 15) is 26.4 Å². The van der Waals surface area contributed by atoms with Gasteiger partial charge in [-0.05, 0) is 54.7 Å². The molecule has 6 nitrogen and oxygen atoms in total. The summed E-state index contributed by atoms with van der Waals surface area (Å²) in [5.41, 5.74) is -0.676. The third-order valence-corrected chi connectivity index (χ3v) is 7.89. The molecule has 11 heteroatoms. The fourth-order valence-corrected chi connectivity index (χ4v) is 5.75. The molecule has 0 spiro atoms. The SMILES string of the molecule is COc1ccc(C(C)C)cc1S(=O)(=O)N1CCC[C@H](C(=O)Nc2ccc(Cl)cc2C(F)(F)F)C1. The van der Waals surface area contributed by atoms with Gasteiger partial charge in [-0.3, -0.25) is 4.79 Å². The Morgan fingerprint density at radius 3 is 2.53 bits per heavy atom. The highest BCUT2D eigenvalue weighted by molar-refractivity contribution is 7.89. The number of nitrogens with zero attached hydrogens (tertiary/aromatic N) is 1. The third kappa shape index (κ3) is 5.67. The summed E-state index contributed by atoms with van der Waals surface area (Å²) in [5, 5.41) is 2.20. The van der Waals surface area contributed by atoms with Crippen molar-refractivity contribution in [3.63, 3.8) is 0 Å². The van der Waals surface area contributed by atoms with E-state index >= 15 is 0 Å².